The fraction of sp³-hybridized carbons (Fsp3) is 0.0909. The van der Waals surface area contributed by atoms with Crippen molar-refractivity contribution in [1.29, 1.82) is 0 Å². The summed E-state index contributed by atoms with van der Waals surface area (Å²) in [6.07, 6.45) is -4.70. The van der Waals surface area contributed by atoms with Crippen LogP contribution in [-0.2, 0) is 6.18 Å². The molecule has 19 heavy (non-hydrogen) atoms. The number of H-pyrrole nitrogens is 1. The second-order valence-electron chi connectivity index (χ2n) is 3.70. The monoisotopic (exact) mass is 335 g/mol. The second kappa shape index (κ2) is 4.37. The third-order valence-corrected chi connectivity index (χ3v) is 3.13. The maximum atomic E-state index is 12.8. The summed E-state index contributed by atoms with van der Waals surface area (Å²) in [5.74, 6) is -1.43. The van der Waals surface area contributed by atoms with Gasteiger partial charge >= 0.3 is 12.1 Å². The van der Waals surface area contributed by atoms with E-state index in [2.05, 4.69) is 20.9 Å². The molecular formula is C11H5BrF3NO3. The molecule has 2 aromatic rings. The van der Waals surface area contributed by atoms with Crippen molar-refractivity contribution in [3.05, 3.63) is 44.2 Å². The van der Waals surface area contributed by atoms with E-state index in [9.17, 15) is 22.8 Å². The fourth-order valence-corrected chi connectivity index (χ4v) is 2.11. The lowest BCUT2D eigenvalue weighted by Gasteiger charge is -2.11. The van der Waals surface area contributed by atoms with Gasteiger partial charge in [-0.2, -0.15) is 13.2 Å². The zero-order chi connectivity index (χ0) is 14.4. The minimum Gasteiger partial charge on any atom is -0.477 e. The number of hydrogen-bond donors (Lipinski definition) is 2. The van der Waals surface area contributed by atoms with E-state index in [1.165, 1.54) is 0 Å². The van der Waals surface area contributed by atoms with Crippen molar-refractivity contribution >= 4 is 32.8 Å². The lowest BCUT2D eigenvalue weighted by Crippen LogP contribution is -2.15. The maximum Gasteiger partial charge on any atom is 0.417 e. The highest BCUT2D eigenvalue weighted by Gasteiger charge is 2.34. The van der Waals surface area contributed by atoms with Gasteiger partial charge in [0.1, 0.15) is 5.69 Å². The average molecular weight is 336 g/mol. The summed E-state index contributed by atoms with van der Waals surface area (Å²) in [4.78, 5) is 24.8. The number of rotatable bonds is 1. The molecule has 0 amide bonds. The lowest BCUT2D eigenvalue weighted by molar-refractivity contribution is -0.136. The number of alkyl halides is 3. The molecule has 100 valence electrons. The molecule has 8 heteroatoms. The molecule has 0 aliphatic carbocycles. The average Bonchev–Trinajstić information content (AvgIpc) is 2.28. The molecule has 1 aromatic carbocycles. The van der Waals surface area contributed by atoms with E-state index in [-0.39, 0.29) is 9.99 Å². The van der Waals surface area contributed by atoms with Gasteiger partial charge in [-0.25, -0.2) is 4.79 Å². The molecule has 0 bridgehead atoms. The highest BCUT2D eigenvalue weighted by atomic mass is 79.9. The highest BCUT2D eigenvalue weighted by Crippen LogP contribution is 2.35. The molecule has 0 aliphatic rings. The molecule has 0 saturated heterocycles. The molecule has 0 fully saturated rings. The van der Waals surface area contributed by atoms with Gasteiger partial charge in [-0.05, 0) is 28.1 Å². The van der Waals surface area contributed by atoms with Crippen LogP contribution in [-0.4, -0.2) is 16.1 Å². The highest BCUT2D eigenvalue weighted by molar-refractivity contribution is 9.10. The molecule has 0 spiro atoms. The van der Waals surface area contributed by atoms with Crippen LogP contribution in [0.5, 0.6) is 0 Å². The standard InChI is InChI=1S/C11H5BrF3NO3/c12-5-2-1-4(11(13,14)15)8-7(17)3-6(10(18)19)16-9(5)8/h1-3H,(H,16,17)(H,18,19). The van der Waals surface area contributed by atoms with Gasteiger partial charge in [0.25, 0.3) is 0 Å². The number of aromatic nitrogens is 1. The fourth-order valence-electron chi connectivity index (χ4n) is 1.68. The van der Waals surface area contributed by atoms with Crippen LogP contribution in [0.2, 0.25) is 0 Å². The number of carboxylic acid groups (broad SMARTS) is 1. The topological polar surface area (TPSA) is 70.2 Å². The third kappa shape index (κ3) is 2.35. The van der Waals surface area contributed by atoms with Crippen molar-refractivity contribution in [2.45, 2.75) is 6.18 Å². The molecule has 0 radical (unpaired) electrons. The number of fused-ring (bicyclic) bond motifs is 1. The Labute approximate surface area is 112 Å². The van der Waals surface area contributed by atoms with E-state index in [0.717, 1.165) is 12.1 Å². The van der Waals surface area contributed by atoms with Gasteiger partial charge in [0.15, 0.2) is 5.43 Å². The molecule has 0 saturated carbocycles. The lowest BCUT2D eigenvalue weighted by atomic mass is 10.1. The predicted molar refractivity (Wildman–Crippen MR) is 64.2 cm³/mol. The van der Waals surface area contributed by atoms with Gasteiger partial charge in [-0.15, -0.1) is 0 Å². The number of pyridine rings is 1. The minimum absolute atomic E-state index is 0.177. The molecule has 0 aliphatic heterocycles. The second-order valence-corrected chi connectivity index (χ2v) is 4.55. The molecule has 0 atom stereocenters. The Hall–Kier alpha value is -1.83. The Morgan fingerprint density at radius 1 is 1.32 bits per heavy atom. The van der Waals surface area contributed by atoms with Gasteiger partial charge in [0.05, 0.1) is 16.5 Å². The van der Waals surface area contributed by atoms with Crippen molar-refractivity contribution in [3.8, 4) is 0 Å². The zero-order valence-corrected chi connectivity index (χ0v) is 10.6. The summed E-state index contributed by atoms with van der Waals surface area (Å²) >= 11 is 2.98. The van der Waals surface area contributed by atoms with E-state index < -0.39 is 34.2 Å². The molecule has 2 N–H and O–H groups in total. The van der Waals surface area contributed by atoms with Crippen molar-refractivity contribution in [2.75, 3.05) is 0 Å². The number of benzene rings is 1. The van der Waals surface area contributed by atoms with E-state index >= 15 is 0 Å². The normalized spacial score (nSPS) is 11.8. The van der Waals surface area contributed by atoms with Crippen LogP contribution in [0.25, 0.3) is 10.9 Å². The van der Waals surface area contributed by atoms with Crippen molar-refractivity contribution in [2.24, 2.45) is 0 Å². The number of aromatic carboxylic acids is 1. The number of hydrogen-bond acceptors (Lipinski definition) is 2. The Morgan fingerprint density at radius 2 is 1.95 bits per heavy atom. The molecular weight excluding hydrogens is 331 g/mol. The first kappa shape index (κ1) is 13.6. The van der Waals surface area contributed by atoms with Crippen molar-refractivity contribution in [1.82, 2.24) is 4.98 Å². The van der Waals surface area contributed by atoms with E-state index in [1.54, 1.807) is 0 Å². The molecule has 4 nitrogen and oxygen atoms in total. The van der Waals surface area contributed by atoms with Crippen LogP contribution in [0.15, 0.2) is 27.5 Å². The number of nitrogens with one attached hydrogen (secondary N) is 1. The smallest absolute Gasteiger partial charge is 0.417 e. The molecule has 1 aromatic heterocycles. The first-order chi connectivity index (χ1) is 8.71. The summed E-state index contributed by atoms with van der Waals surface area (Å²) < 4.78 is 38.6. The first-order valence-electron chi connectivity index (χ1n) is 4.88. The Morgan fingerprint density at radius 3 is 2.47 bits per heavy atom. The molecule has 1 heterocycles. The van der Waals surface area contributed by atoms with Crippen molar-refractivity contribution < 1.29 is 23.1 Å². The van der Waals surface area contributed by atoms with Crippen LogP contribution >= 0.6 is 15.9 Å². The van der Waals surface area contributed by atoms with Crippen LogP contribution in [0, 0.1) is 0 Å². The first-order valence-corrected chi connectivity index (χ1v) is 5.67. The Kier molecular flexibility index (Phi) is 3.13. The number of carbonyl (C=O) groups is 1. The number of aromatic amines is 1. The maximum absolute atomic E-state index is 12.8. The third-order valence-electron chi connectivity index (χ3n) is 2.47. The number of halogens is 4. The molecule has 0 unspecified atom stereocenters. The summed E-state index contributed by atoms with van der Waals surface area (Å²) in [6.45, 7) is 0. The summed E-state index contributed by atoms with van der Waals surface area (Å²) in [5, 5.41) is 8.19. The quantitative estimate of drug-likeness (QED) is 0.841. The van der Waals surface area contributed by atoms with E-state index in [0.29, 0.717) is 6.07 Å². The van der Waals surface area contributed by atoms with Gasteiger partial charge in [0, 0.05) is 10.5 Å². The van der Waals surface area contributed by atoms with Crippen LogP contribution in [0.3, 0.4) is 0 Å². The minimum atomic E-state index is -4.70. The van der Waals surface area contributed by atoms with Gasteiger partial charge in [-0.1, -0.05) is 0 Å². The van der Waals surface area contributed by atoms with Crippen LogP contribution in [0.4, 0.5) is 13.2 Å². The number of carboxylic acids is 1. The zero-order valence-electron chi connectivity index (χ0n) is 9.01. The van der Waals surface area contributed by atoms with Crippen molar-refractivity contribution in [3.63, 3.8) is 0 Å². The van der Waals surface area contributed by atoms with Gasteiger partial charge in [0.2, 0.25) is 0 Å². The van der Waals surface area contributed by atoms with E-state index in [4.69, 9.17) is 5.11 Å². The van der Waals surface area contributed by atoms with Gasteiger partial charge in [-0.3, -0.25) is 4.79 Å². The summed E-state index contributed by atoms with van der Waals surface area (Å²) in [7, 11) is 0. The summed E-state index contributed by atoms with van der Waals surface area (Å²) in [6, 6.07) is 2.50. The van der Waals surface area contributed by atoms with Crippen LogP contribution in [0.1, 0.15) is 16.1 Å². The van der Waals surface area contributed by atoms with Gasteiger partial charge < -0.3 is 10.1 Å². The Bertz CT molecular complexity index is 736. The predicted octanol–water partition coefficient (Wildman–Crippen LogP) is 3.01. The largest absolute Gasteiger partial charge is 0.477 e. The van der Waals surface area contributed by atoms with E-state index in [1.807, 2.05) is 0 Å². The van der Waals surface area contributed by atoms with Crippen LogP contribution < -0.4 is 5.43 Å². The summed E-state index contributed by atoms with van der Waals surface area (Å²) in [5.41, 5.74) is -2.78. The SMILES string of the molecule is O=C(O)c1cc(=O)c2c(C(F)(F)F)ccc(Br)c2[nH]1. The Balaban J connectivity index is 2.97. The molecule has 2 rings (SSSR count).